The average Bonchev–Trinajstić information content (AvgIpc) is 2.63. The van der Waals surface area contributed by atoms with E-state index in [9.17, 15) is 0 Å². The number of rotatable bonds is 4. The molecule has 1 aromatic carbocycles. The SMILES string of the molecule is CC(C)CC1CN(C(C)c2ccc(Cl)cc2Cl)CCCN1. The van der Waals surface area contributed by atoms with Gasteiger partial charge in [0.05, 0.1) is 0 Å². The predicted octanol–water partition coefficient (Wildman–Crippen LogP) is 4.76. The van der Waals surface area contributed by atoms with Gasteiger partial charge < -0.3 is 5.32 Å². The number of benzene rings is 1. The van der Waals surface area contributed by atoms with Crippen molar-refractivity contribution in [3.05, 3.63) is 33.8 Å². The first kappa shape index (κ1) is 17.1. The van der Waals surface area contributed by atoms with Gasteiger partial charge >= 0.3 is 0 Å². The zero-order valence-corrected chi connectivity index (χ0v) is 14.7. The first-order valence-corrected chi connectivity index (χ1v) is 8.65. The summed E-state index contributed by atoms with van der Waals surface area (Å²) in [7, 11) is 0. The van der Waals surface area contributed by atoms with Gasteiger partial charge in [-0.05, 0) is 49.9 Å². The molecule has 2 nitrogen and oxygen atoms in total. The van der Waals surface area contributed by atoms with Gasteiger partial charge in [0, 0.05) is 35.2 Å². The van der Waals surface area contributed by atoms with E-state index in [2.05, 4.69) is 37.1 Å². The summed E-state index contributed by atoms with van der Waals surface area (Å²) in [5, 5.41) is 5.15. The number of halogens is 2. The van der Waals surface area contributed by atoms with E-state index in [-0.39, 0.29) is 0 Å². The van der Waals surface area contributed by atoms with Crippen LogP contribution in [0.25, 0.3) is 0 Å². The Morgan fingerprint density at radius 1 is 1.29 bits per heavy atom. The normalized spacial score (nSPS) is 22.3. The second kappa shape index (κ2) is 7.82. The Bertz CT molecular complexity index is 462. The van der Waals surface area contributed by atoms with Crippen LogP contribution in [0.1, 0.15) is 45.2 Å². The van der Waals surface area contributed by atoms with Crippen LogP contribution in [0, 0.1) is 5.92 Å². The highest BCUT2D eigenvalue weighted by Gasteiger charge is 2.24. The second-order valence-corrected chi connectivity index (χ2v) is 7.31. The second-order valence-electron chi connectivity index (χ2n) is 6.47. The summed E-state index contributed by atoms with van der Waals surface area (Å²) in [6, 6.07) is 6.73. The van der Waals surface area contributed by atoms with E-state index in [0.29, 0.717) is 17.1 Å². The van der Waals surface area contributed by atoms with Crippen LogP contribution in [0.5, 0.6) is 0 Å². The van der Waals surface area contributed by atoms with Gasteiger partial charge in [-0.25, -0.2) is 0 Å². The molecular weight excluding hydrogens is 303 g/mol. The summed E-state index contributed by atoms with van der Waals surface area (Å²) in [4.78, 5) is 2.54. The topological polar surface area (TPSA) is 15.3 Å². The van der Waals surface area contributed by atoms with Crippen molar-refractivity contribution in [2.75, 3.05) is 19.6 Å². The summed E-state index contributed by atoms with van der Waals surface area (Å²) in [5.41, 5.74) is 1.17. The van der Waals surface area contributed by atoms with E-state index in [4.69, 9.17) is 23.2 Å². The van der Waals surface area contributed by atoms with E-state index >= 15 is 0 Å². The lowest BCUT2D eigenvalue weighted by molar-refractivity contribution is 0.199. The van der Waals surface area contributed by atoms with E-state index in [0.717, 1.165) is 30.6 Å². The summed E-state index contributed by atoms with van der Waals surface area (Å²) in [5.74, 6) is 0.719. The molecular formula is C17H26Cl2N2. The minimum absolute atomic E-state index is 0.323. The van der Waals surface area contributed by atoms with Crippen LogP contribution < -0.4 is 5.32 Å². The van der Waals surface area contributed by atoms with Crippen molar-refractivity contribution in [1.82, 2.24) is 10.2 Å². The van der Waals surface area contributed by atoms with Gasteiger partial charge in [-0.1, -0.05) is 43.1 Å². The van der Waals surface area contributed by atoms with Crippen molar-refractivity contribution in [1.29, 1.82) is 0 Å². The Balaban J connectivity index is 2.10. The molecule has 0 radical (unpaired) electrons. The molecule has 0 aromatic heterocycles. The first-order valence-electron chi connectivity index (χ1n) is 7.89. The zero-order valence-electron chi connectivity index (χ0n) is 13.2. The van der Waals surface area contributed by atoms with Gasteiger partial charge in [-0.3, -0.25) is 4.90 Å². The van der Waals surface area contributed by atoms with Crippen molar-refractivity contribution in [3.63, 3.8) is 0 Å². The molecule has 0 bridgehead atoms. The van der Waals surface area contributed by atoms with Crippen LogP contribution in [-0.2, 0) is 0 Å². The maximum Gasteiger partial charge on any atom is 0.0468 e. The van der Waals surface area contributed by atoms with Crippen LogP contribution >= 0.6 is 23.2 Å². The van der Waals surface area contributed by atoms with Gasteiger partial charge in [0.15, 0.2) is 0 Å². The Morgan fingerprint density at radius 2 is 2.05 bits per heavy atom. The van der Waals surface area contributed by atoms with Crippen LogP contribution in [0.2, 0.25) is 10.0 Å². The molecule has 0 spiro atoms. The first-order chi connectivity index (χ1) is 9.97. The van der Waals surface area contributed by atoms with Crippen molar-refractivity contribution in [2.24, 2.45) is 5.92 Å². The fraction of sp³-hybridized carbons (Fsp3) is 0.647. The number of nitrogens with one attached hydrogen (secondary N) is 1. The summed E-state index contributed by atoms with van der Waals surface area (Å²) < 4.78 is 0. The maximum absolute atomic E-state index is 6.38. The third kappa shape index (κ3) is 4.85. The number of nitrogens with zero attached hydrogens (tertiary/aromatic N) is 1. The van der Waals surface area contributed by atoms with Gasteiger partial charge in [0.1, 0.15) is 0 Å². The third-order valence-corrected chi connectivity index (χ3v) is 4.79. The maximum atomic E-state index is 6.38. The van der Waals surface area contributed by atoms with Gasteiger partial charge in [-0.15, -0.1) is 0 Å². The molecule has 1 saturated heterocycles. The Labute approximate surface area is 138 Å². The largest absolute Gasteiger partial charge is 0.313 e. The molecule has 1 N–H and O–H groups in total. The van der Waals surface area contributed by atoms with E-state index < -0.39 is 0 Å². The lowest BCUT2D eigenvalue weighted by atomic mass is 10.0. The summed E-state index contributed by atoms with van der Waals surface area (Å²) in [6.07, 6.45) is 2.40. The highest BCUT2D eigenvalue weighted by molar-refractivity contribution is 6.35. The quantitative estimate of drug-likeness (QED) is 0.856. The highest BCUT2D eigenvalue weighted by Crippen LogP contribution is 2.30. The van der Waals surface area contributed by atoms with Gasteiger partial charge in [0.25, 0.3) is 0 Å². The summed E-state index contributed by atoms with van der Waals surface area (Å²) >= 11 is 12.4. The molecule has 1 heterocycles. The molecule has 0 amide bonds. The van der Waals surface area contributed by atoms with E-state index in [1.54, 1.807) is 0 Å². The molecule has 1 aliphatic heterocycles. The van der Waals surface area contributed by atoms with Crippen LogP contribution in [0.3, 0.4) is 0 Å². The molecule has 0 aliphatic carbocycles. The van der Waals surface area contributed by atoms with Crippen LogP contribution in [-0.4, -0.2) is 30.6 Å². The van der Waals surface area contributed by atoms with Crippen molar-refractivity contribution >= 4 is 23.2 Å². The summed E-state index contributed by atoms with van der Waals surface area (Å²) in [6.45, 7) is 10.1. The van der Waals surface area contributed by atoms with Gasteiger partial charge in [-0.2, -0.15) is 0 Å². The van der Waals surface area contributed by atoms with Crippen LogP contribution in [0.15, 0.2) is 18.2 Å². The fourth-order valence-electron chi connectivity index (χ4n) is 3.14. The molecule has 21 heavy (non-hydrogen) atoms. The number of hydrogen-bond donors (Lipinski definition) is 1. The Morgan fingerprint density at radius 3 is 2.71 bits per heavy atom. The lowest BCUT2D eigenvalue weighted by Gasteiger charge is -2.31. The Hall–Kier alpha value is -0.280. The lowest BCUT2D eigenvalue weighted by Crippen LogP contribution is -2.39. The van der Waals surface area contributed by atoms with Crippen molar-refractivity contribution < 1.29 is 0 Å². The van der Waals surface area contributed by atoms with E-state index in [1.165, 1.54) is 18.4 Å². The van der Waals surface area contributed by atoms with E-state index in [1.807, 2.05) is 12.1 Å². The molecule has 2 rings (SSSR count). The molecule has 2 atom stereocenters. The molecule has 1 fully saturated rings. The smallest absolute Gasteiger partial charge is 0.0468 e. The average molecular weight is 329 g/mol. The minimum Gasteiger partial charge on any atom is -0.313 e. The zero-order chi connectivity index (χ0) is 15.4. The third-order valence-electron chi connectivity index (χ3n) is 4.23. The monoisotopic (exact) mass is 328 g/mol. The fourth-order valence-corrected chi connectivity index (χ4v) is 3.71. The molecule has 4 heteroatoms. The van der Waals surface area contributed by atoms with Gasteiger partial charge in [0.2, 0.25) is 0 Å². The highest BCUT2D eigenvalue weighted by atomic mass is 35.5. The Kier molecular flexibility index (Phi) is 6.36. The molecule has 0 saturated carbocycles. The molecule has 1 aromatic rings. The standard InChI is InChI=1S/C17H26Cl2N2/c1-12(2)9-15-11-21(8-4-7-20-15)13(3)16-6-5-14(18)10-17(16)19/h5-6,10,12-13,15,20H,4,7-9,11H2,1-3H3. The molecule has 2 unspecified atom stereocenters. The predicted molar refractivity (Wildman–Crippen MR) is 92.3 cm³/mol. The molecule has 1 aliphatic rings. The number of hydrogen-bond acceptors (Lipinski definition) is 2. The van der Waals surface area contributed by atoms with Crippen LogP contribution in [0.4, 0.5) is 0 Å². The minimum atomic E-state index is 0.323. The van der Waals surface area contributed by atoms with Crippen molar-refractivity contribution in [3.8, 4) is 0 Å². The van der Waals surface area contributed by atoms with Crippen molar-refractivity contribution in [2.45, 2.75) is 45.7 Å². The molecule has 118 valence electrons.